The van der Waals surface area contributed by atoms with E-state index in [-0.39, 0.29) is 31.2 Å². The molecule has 184 valence electrons. The van der Waals surface area contributed by atoms with Crippen LogP contribution in [0.25, 0.3) is 0 Å². The van der Waals surface area contributed by atoms with Gasteiger partial charge >= 0.3 is 12.1 Å². The molecular weight excluding hydrogens is 461 g/mol. The number of aromatic nitrogens is 1. The van der Waals surface area contributed by atoms with E-state index in [2.05, 4.69) is 30.1 Å². The quantitative estimate of drug-likeness (QED) is 0.360. The fourth-order valence-electron chi connectivity index (χ4n) is 3.53. The summed E-state index contributed by atoms with van der Waals surface area (Å²) in [6.45, 7) is 6.87. The molecule has 1 aromatic rings. The van der Waals surface area contributed by atoms with Gasteiger partial charge in [-0.3, -0.25) is 0 Å². The Balaban J connectivity index is 1.73. The van der Waals surface area contributed by atoms with E-state index in [1.807, 2.05) is 0 Å². The van der Waals surface area contributed by atoms with Gasteiger partial charge in [-0.1, -0.05) is 19.6 Å². The van der Waals surface area contributed by atoms with Gasteiger partial charge in [-0.25, -0.2) is 9.80 Å². The number of aromatic carboxylic acids is 1. The maximum atomic E-state index is 13.9. The van der Waals surface area contributed by atoms with Crippen molar-refractivity contribution in [2.24, 2.45) is 5.10 Å². The Hall–Kier alpha value is -2.35. The summed E-state index contributed by atoms with van der Waals surface area (Å²) in [6.07, 6.45) is -2.89. The number of hydrogen-bond acceptors (Lipinski definition) is 7. The molecule has 9 nitrogen and oxygen atoms in total. The van der Waals surface area contributed by atoms with Crippen LogP contribution in [0.2, 0.25) is 25.7 Å². The zero-order valence-electron chi connectivity index (χ0n) is 18.7. The number of alkyl halides is 3. The molecule has 0 radical (unpaired) electrons. The molecule has 33 heavy (non-hydrogen) atoms. The molecule has 2 aliphatic rings. The minimum Gasteiger partial charge on any atom is -0.478 e. The molecule has 0 saturated carbocycles. The van der Waals surface area contributed by atoms with Crippen LogP contribution in [0.3, 0.4) is 0 Å². The van der Waals surface area contributed by atoms with E-state index < -0.39 is 44.1 Å². The summed E-state index contributed by atoms with van der Waals surface area (Å²) in [5, 5.41) is 27.2. The lowest BCUT2D eigenvalue weighted by molar-refractivity contribution is -0.135. The van der Waals surface area contributed by atoms with Gasteiger partial charge in [0.2, 0.25) is 0 Å². The van der Waals surface area contributed by atoms with Crippen molar-refractivity contribution in [3.8, 4) is 0 Å². The maximum absolute atomic E-state index is 13.9. The normalized spacial score (nSPS) is 24.0. The Morgan fingerprint density at radius 3 is 2.70 bits per heavy atom. The zero-order chi connectivity index (χ0) is 24.4. The van der Waals surface area contributed by atoms with Crippen molar-refractivity contribution in [1.82, 2.24) is 14.9 Å². The second-order valence-electron chi connectivity index (χ2n) is 9.24. The van der Waals surface area contributed by atoms with Gasteiger partial charge in [-0.05, 0) is 12.1 Å². The number of rotatable bonds is 9. The third-order valence-electron chi connectivity index (χ3n) is 5.43. The number of hydrogen-bond donors (Lipinski definition) is 3. The smallest absolute Gasteiger partial charge is 0.419 e. The molecule has 2 aliphatic heterocycles. The minimum atomic E-state index is -4.82. The largest absolute Gasteiger partial charge is 0.478 e. The average Bonchev–Trinajstić information content (AvgIpc) is 3.34. The molecule has 1 aromatic heterocycles. The lowest BCUT2D eigenvalue weighted by atomic mass is 10.1. The first-order valence-corrected chi connectivity index (χ1v) is 14.2. The van der Waals surface area contributed by atoms with E-state index in [9.17, 15) is 23.1 Å². The summed E-state index contributed by atoms with van der Waals surface area (Å²) in [5.41, 5.74) is -1.47. The van der Waals surface area contributed by atoms with Crippen molar-refractivity contribution < 1.29 is 37.7 Å². The van der Waals surface area contributed by atoms with Crippen molar-refractivity contribution in [2.75, 3.05) is 26.6 Å². The van der Waals surface area contributed by atoms with Gasteiger partial charge in [0.1, 0.15) is 12.3 Å². The number of carboxylic acids is 1. The number of aliphatic hydroxyl groups excluding tert-OH is 1. The lowest BCUT2D eigenvalue weighted by Crippen LogP contribution is -2.46. The van der Waals surface area contributed by atoms with Crippen LogP contribution in [0.4, 0.5) is 13.2 Å². The predicted molar refractivity (Wildman–Crippen MR) is 117 cm³/mol. The highest BCUT2D eigenvalue weighted by molar-refractivity contribution is 6.76. The molecule has 1 fully saturated rings. The second-order valence-corrected chi connectivity index (χ2v) is 14.9. The van der Waals surface area contributed by atoms with E-state index in [1.165, 1.54) is 12.3 Å². The Morgan fingerprint density at radius 2 is 2.09 bits per heavy atom. The van der Waals surface area contributed by atoms with E-state index in [0.717, 1.165) is 17.3 Å². The van der Waals surface area contributed by atoms with Gasteiger partial charge < -0.3 is 29.6 Å². The number of carbonyl (C=O) groups is 1. The number of halogens is 3. The van der Waals surface area contributed by atoms with Crippen LogP contribution in [-0.4, -0.2) is 85.0 Å². The summed E-state index contributed by atoms with van der Waals surface area (Å²) in [4.78, 5) is 11.1. The zero-order valence-corrected chi connectivity index (χ0v) is 19.7. The van der Waals surface area contributed by atoms with Crippen molar-refractivity contribution in [3.63, 3.8) is 0 Å². The Labute approximate surface area is 190 Å². The summed E-state index contributed by atoms with van der Waals surface area (Å²) in [6, 6.07) is 1.21. The van der Waals surface area contributed by atoms with Crippen molar-refractivity contribution >= 4 is 20.3 Å². The Kier molecular flexibility index (Phi) is 7.56. The lowest BCUT2D eigenvalue weighted by Gasteiger charge is -2.33. The highest BCUT2D eigenvalue weighted by Crippen LogP contribution is 2.34. The number of allylic oxidation sites excluding steroid dienone is 1. The molecule has 3 atom stereocenters. The molecule has 3 N–H and O–H groups in total. The molecule has 13 heteroatoms. The standard InChI is InChI=1S/C20H29F3N4O5Si/c1-33(2,3)7-6-31-12-27-18(28)17(20(21,22)23)14(8-24-27)25-15-10-32-11-16(15)26-5-4-13(9-26)19(29)30/h4-5,8-9,15-16,18,25,28H,6-7,10-12H2,1-3H3,(H,29,30). The van der Waals surface area contributed by atoms with E-state index in [1.54, 1.807) is 10.8 Å². The number of nitrogens with one attached hydrogen (secondary N) is 1. The summed E-state index contributed by atoms with van der Waals surface area (Å²) < 4.78 is 54.1. The predicted octanol–water partition coefficient (Wildman–Crippen LogP) is 2.46. The number of hydrazone groups is 1. The van der Waals surface area contributed by atoms with Crippen molar-refractivity contribution in [3.05, 3.63) is 35.3 Å². The fourth-order valence-corrected chi connectivity index (χ4v) is 4.28. The van der Waals surface area contributed by atoms with E-state index >= 15 is 0 Å². The number of nitrogens with zero attached hydrogens (tertiary/aromatic N) is 3. The van der Waals surface area contributed by atoms with Gasteiger partial charge in [0.25, 0.3) is 0 Å². The first-order valence-electron chi connectivity index (χ1n) is 10.5. The van der Waals surface area contributed by atoms with Gasteiger partial charge in [0.05, 0.1) is 42.8 Å². The topological polar surface area (TPSA) is 109 Å². The SMILES string of the molecule is C[Si](C)(C)CCOCN1N=CC(NC2COCC2n2ccc(C(=O)O)c2)=C(C(F)(F)F)C1O. The molecule has 0 aromatic carbocycles. The van der Waals surface area contributed by atoms with Crippen LogP contribution in [-0.2, 0) is 9.47 Å². The van der Waals surface area contributed by atoms with Gasteiger partial charge in [-0.2, -0.15) is 18.3 Å². The molecule has 0 amide bonds. The molecule has 3 rings (SSSR count). The molecule has 0 bridgehead atoms. The van der Waals surface area contributed by atoms with Gasteiger partial charge in [0.15, 0.2) is 6.23 Å². The molecule has 0 aliphatic carbocycles. The van der Waals surface area contributed by atoms with Crippen LogP contribution in [0.1, 0.15) is 16.4 Å². The number of ether oxygens (including phenoxy) is 2. The van der Waals surface area contributed by atoms with Crippen molar-refractivity contribution in [1.29, 1.82) is 0 Å². The highest BCUT2D eigenvalue weighted by atomic mass is 28.3. The van der Waals surface area contributed by atoms with Crippen LogP contribution < -0.4 is 5.32 Å². The number of aliphatic hydroxyl groups is 1. The monoisotopic (exact) mass is 490 g/mol. The first kappa shape index (κ1) is 25.3. The van der Waals surface area contributed by atoms with Crippen molar-refractivity contribution in [2.45, 2.75) is 50.2 Å². The third kappa shape index (κ3) is 6.37. The Bertz CT molecular complexity index is 912. The van der Waals surface area contributed by atoms with Crippen LogP contribution >= 0.6 is 0 Å². The van der Waals surface area contributed by atoms with Crippen LogP contribution in [0.5, 0.6) is 0 Å². The molecule has 3 heterocycles. The minimum absolute atomic E-state index is 0.0651. The summed E-state index contributed by atoms with van der Waals surface area (Å²) in [5.74, 6) is -1.10. The Morgan fingerprint density at radius 1 is 1.36 bits per heavy atom. The molecule has 1 saturated heterocycles. The van der Waals surface area contributed by atoms with Gasteiger partial charge in [0, 0.05) is 27.1 Å². The second kappa shape index (κ2) is 9.87. The van der Waals surface area contributed by atoms with Crippen LogP contribution in [0, 0.1) is 0 Å². The molecule has 0 spiro atoms. The van der Waals surface area contributed by atoms with Gasteiger partial charge in [-0.15, -0.1) is 0 Å². The summed E-state index contributed by atoms with van der Waals surface area (Å²) >= 11 is 0. The van der Waals surface area contributed by atoms with E-state index in [0.29, 0.717) is 6.61 Å². The first-order chi connectivity index (χ1) is 15.4. The third-order valence-corrected chi connectivity index (χ3v) is 7.13. The average molecular weight is 491 g/mol. The molecular formula is C20H29F3N4O5Si. The van der Waals surface area contributed by atoms with E-state index in [4.69, 9.17) is 14.6 Å². The fraction of sp³-hybridized carbons (Fsp3) is 0.600. The number of carboxylic acid groups (broad SMARTS) is 1. The van der Waals surface area contributed by atoms with Crippen LogP contribution in [0.15, 0.2) is 34.8 Å². The summed E-state index contributed by atoms with van der Waals surface area (Å²) in [7, 11) is -1.37. The maximum Gasteiger partial charge on any atom is 0.419 e. The highest BCUT2D eigenvalue weighted by Gasteiger charge is 2.45. The molecule has 3 unspecified atom stereocenters.